The fourth-order valence-corrected chi connectivity index (χ4v) is 3.10. The quantitative estimate of drug-likeness (QED) is 0.613. The van der Waals surface area contributed by atoms with Crippen LogP contribution in [0.15, 0.2) is 42.6 Å². The molecule has 3 aromatic rings. The van der Waals surface area contributed by atoms with Crippen LogP contribution < -0.4 is 10.1 Å². The number of amides is 1. The van der Waals surface area contributed by atoms with Crippen LogP contribution in [0.4, 0.5) is 5.69 Å². The summed E-state index contributed by atoms with van der Waals surface area (Å²) in [7, 11) is 0. The molecule has 2 aromatic carbocycles. The molecular formula is C22H24ClN3O2. The van der Waals surface area contributed by atoms with Crippen molar-refractivity contribution in [3.63, 3.8) is 0 Å². The highest BCUT2D eigenvalue weighted by Crippen LogP contribution is 2.26. The summed E-state index contributed by atoms with van der Waals surface area (Å²) < 4.78 is 7.71. The van der Waals surface area contributed by atoms with E-state index in [2.05, 4.69) is 10.4 Å². The van der Waals surface area contributed by atoms with Crippen molar-refractivity contribution in [3.8, 4) is 5.75 Å². The van der Waals surface area contributed by atoms with Crippen LogP contribution in [0.1, 0.15) is 39.7 Å². The summed E-state index contributed by atoms with van der Waals surface area (Å²) in [5.74, 6) is 0.625. The Kier molecular flexibility index (Phi) is 6.05. The van der Waals surface area contributed by atoms with E-state index in [-0.39, 0.29) is 5.91 Å². The zero-order chi connectivity index (χ0) is 20.3. The molecule has 0 aliphatic rings. The summed E-state index contributed by atoms with van der Waals surface area (Å²) in [5.41, 5.74) is 5.22. The van der Waals surface area contributed by atoms with Gasteiger partial charge in [0.15, 0.2) is 0 Å². The summed E-state index contributed by atoms with van der Waals surface area (Å²) in [4.78, 5) is 12.5. The highest BCUT2D eigenvalue weighted by Gasteiger charge is 2.11. The van der Waals surface area contributed by atoms with Gasteiger partial charge in [-0.15, -0.1) is 0 Å². The highest BCUT2D eigenvalue weighted by molar-refractivity contribution is 6.32. The molecule has 0 fully saturated rings. The maximum absolute atomic E-state index is 12.5. The molecule has 5 nitrogen and oxygen atoms in total. The second kappa shape index (κ2) is 8.48. The van der Waals surface area contributed by atoms with Crippen molar-refractivity contribution in [2.24, 2.45) is 0 Å². The minimum absolute atomic E-state index is 0.157. The van der Waals surface area contributed by atoms with Crippen molar-refractivity contribution >= 4 is 23.2 Å². The number of carbonyl (C=O) groups is 1. The van der Waals surface area contributed by atoms with Gasteiger partial charge in [-0.05, 0) is 68.7 Å². The number of carbonyl (C=O) groups excluding carboxylic acids is 1. The Hall–Kier alpha value is -2.79. The highest BCUT2D eigenvalue weighted by atomic mass is 35.5. The van der Waals surface area contributed by atoms with E-state index in [1.54, 1.807) is 18.3 Å². The third kappa shape index (κ3) is 4.37. The number of hydrogen-bond donors (Lipinski definition) is 1. The van der Waals surface area contributed by atoms with E-state index in [1.807, 2.05) is 56.6 Å². The lowest BCUT2D eigenvalue weighted by molar-refractivity contribution is 0.102. The fourth-order valence-electron chi connectivity index (χ4n) is 2.99. The van der Waals surface area contributed by atoms with E-state index >= 15 is 0 Å². The number of anilines is 1. The summed E-state index contributed by atoms with van der Waals surface area (Å²) in [6, 6.07) is 11.2. The molecule has 0 saturated carbocycles. The van der Waals surface area contributed by atoms with E-state index in [1.165, 1.54) is 0 Å². The Morgan fingerprint density at radius 1 is 1.14 bits per heavy atom. The van der Waals surface area contributed by atoms with Crippen LogP contribution in [0.2, 0.25) is 5.02 Å². The standard InChI is InChI=1S/C22H24ClN3O2/c1-5-26-16(4)20(12-24-26)25-22(27)18-8-6-17(7-9-18)13-28-19-10-14(2)21(23)15(3)11-19/h6-12H,5,13H2,1-4H3,(H,25,27). The smallest absolute Gasteiger partial charge is 0.255 e. The Balaban J connectivity index is 1.63. The third-order valence-corrected chi connectivity index (χ3v) is 5.28. The Morgan fingerprint density at radius 2 is 1.79 bits per heavy atom. The summed E-state index contributed by atoms with van der Waals surface area (Å²) >= 11 is 6.19. The van der Waals surface area contributed by atoms with E-state index in [9.17, 15) is 4.79 Å². The van der Waals surface area contributed by atoms with Crippen molar-refractivity contribution in [1.82, 2.24) is 9.78 Å². The minimum Gasteiger partial charge on any atom is -0.489 e. The van der Waals surface area contributed by atoms with Gasteiger partial charge in [0, 0.05) is 17.1 Å². The first-order valence-corrected chi connectivity index (χ1v) is 9.59. The van der Waals surface area contributed by atoms with Crippen molar-refractivity contribution in [3.05, 3.63) is 75.6 Å². The van der Waals surface area contributed by atoms with Crippen LogP contribution in [0.5, 0.6) is 5.75 Å². The zero-order valence-corrected chi connectivity index (χ0v) is 17.3. The van der Waals surface area contributed by atoms with Gasteiger partial charge in [0.25, 0.3) is 5.91 Å². The largest absolute Gasteiger partial charge is 0.489 e. The molecule has 0 saturated heterocycles. The monoisotopic (exact) mass is 397 g/mol. The molecule has 0 radical (unpaired) electrons. The molecule has 0 spiro atoms. The average Bonchev–Trinajstić information content (AvgIpc) is 3.04. The molecule has 0 unspecified atom stereocenters. The minimum atomic E-state index is -0.157. The SMILES string of the molecule is CCn1ncc(NC(=O)c2ccc(COc3cc(C)c(Cl)c(C)c3)cc2)c1C. The molecule has 6 heteroatoms. The fraction of sp³-hybridized carbons (Fsp3) is 0.273. The lowest BCUT2D eigenvalue weighted by Gasteiger charge is -2.10. The lowest BCUT2D eigenvalue weighted by Crippen LogP contribution is -2.12. The van der Waals surface area contributed by atoms with Gasteiger partial charge in [-0.3, -0.25) is 9.48 Å². The molecule has 146 valence electrons. The van der Waals surface area contributed by atoms with E-state index in [0.717, 1.165) is 45.4 Å². The average molecular weight is 398 g/mol. The Morgan fingerprint density at radius 3 is 2.36 bits per heavy atom. The molecule has 3 rings (SSSR count). The maximum Gasteiger partial charge on any atom is 0.255 e. The van der Waals surface area contributed by atoms with Crippen LogP contribution in [0, 0.1) is 20.8 Å². The molecule has 0 bridgehead atoms. The molecule has 0 aliphatic carbocycles. The van der Waals surface area contributed by atoms with Gasteiger partial charge in [-0.1, -0.05) is 23.7 Å². The molecule has 1 heterocycles. The maximum atomic E-state index is 12.5. The normalized spacial score (nSPS) is 10.8. The molecule has 1 amide bonds. The van der Waals surface area contributed by atoms with Gasteiger partial charge in [0.2, 0.25) is 0 Å². The zero-order valence-electron chi connectivity index (χ0n) is 16.5. The summed E-state index contributed by atoms with van der Waals surface area (Å²) in [5, 5.41) is 7.92. The predicted molar refractivity (Wildman–Crippen MR) is 112 cm³/mol. The van der Waals surface area contributed by atoms with Crippen LogP contribution in [-0.2, 0) is 13.2 Å². The number of rotatable bonds is 6. The Bertz CT molecular complexity index is 971. The Labute approximate surface area is 170 Å². The molecule has 1 N–H and O–H groups in total. The van der Waals surface area contributed by atoms with Crippen molar-refractivity contribution in [2.45, 2.75) is 40.8 Å². The molecule has 0 atom stereocenters. The van der Waals surface area contributed by atoms with Gasteiger partial charge >= 0.3 is 0 Å². The van der Waals surface area contributed by atoms with Gasteiger partial charge < -0.3 is 10.1 Å². The van der Waals surface area contributed by atoms with Gasteiger partial charge in [-0.2, -0.15) is 5.10 Å². The number of nitrogens with one attached hydrogen (secondary N) is 1. The van der Waals surface area contributed by atoms with Crippen LogP contribution in [0.3, 0.4) is 0 Å². The molecule has 1 aromatic heterocycles. The van der Waals surface area contributed by atoms with E-state index in [0.29, 0.717) is 12.2 Å². The molecular weight excluding hydrogens is 374 g/mol. The van der Waals surface area contributed by atoms with E-state index in [4.69, 9.17) is 16.3 Å². The topological polar surface area (TPSA) is 56.2 Å². The van der Waals surface area contributed by atoms with Gasteiger partial charge in [-0.25, -0.2) is 0 Å². The molecule has 28 heavy (non-hydrogen) atoms. The lowest BCUT2D eigenvalue weighted by atomic mass is 10.1. The third-order valence-electron chi connectivity index (χ3n) is 4.68. The molecule has 0 aliphatic heterocycles. The van der Waals surface area contributed by atoms with Crippen LogP contribution in [-0.4, -0.2) is 15.7 Å². The number of halogens is 1. The number of benzene rings is 2. The number of aryl methyl sites for hydroxylation is 3. The number of aromatic nitrogens is 2. The number of nitrogens with zero attached hydrogens (tertiary/aromatic N) is 2. The number of hydrogen-bond acceptors (Lipinski definition) is 3. The first-order valence-electron chi connectivity index (χ1n) is 9.21. The second-order valence-corrected chi connectivity index (χ2v) is 7.15. The van der Waals surface area contributed by atoms with Crippen molar-refractivity contribution in [1.29, 1.82) is 0 Å². The summed E-state index contributed by atoms with van der Waals surface area (Å²) in [6.45, 7) is 9.06. The van der Waals surface area contributed by atoms with Crippen molar-refractivity contribution in [2.75, 3.05) is 5.32 Å². The van der Waals surface area contributed by atoms with E-state index < -0.39 is 0 Å². The predicted octanol–water partition coefficient (Wildman–Crippen LogP) is 5.31. The van der Waals surface area contributed by atoms with Gasteiger partial charge in [0.1, 0.15) is 12.4 Å². The van der Waals surface area contributed by atoms with Crippen molar-refractivity contribution < 1.29 is 9.53 Å². The van der Waals surface area contributed by atoms with Gasteiger partial charge in [0.05, 0.1) is 17.6 Å². The van der Waals surface area contributed by atoms with Crippen LogP contribution in [0.25, 0.3) is 0 Å². The first kappa shape index (κ1) is 20.0. The van der Waals surface area contributed by atoms with Crippen LogP contribution >= 0.6 is 11.6 Å². The summed E-state index contributed by atoms with van der Waals surface area (Å²) in [6.07, 6.45) is 1.68. The number of ether oxygens (including phenoxy) is 1. The second-order valence-electron chi connectivity index (χ2n) is 6.77. The first-order chi connectivity index (χ1) is 13.4.